The third-order valence-electron chi connectivity index (χ3n) is 7.09. The molecule has 3 aliphatic rings. The minimum Gasteiger partial charge on any atom is -0.507 e. The number of benzene rings is 2. The molecule has 0 radical (unpaired) electrons. The SMILES string of the molecule is COC(=O)c1cc2cc3c(c(O)c2c(=O)o1)O[C@]1(CC3O)Oc2c(O)c3c(c(O)c2[C@H]1O)C(=O)C=C(OC)C3=O. The first-order chi connectivity index (χ1) is 18.9. The molecule has 14 nitrogen and oxygen atoms in total. The molecule has 206 valence electrons. The number of aliphatic hydroxyl groups excluding tert-OH is 2. The van der Waals surface area contributed by atoms with Crippen LogP contribution in [0.15, 0.2) is 33.2 Å². The Balaban J connectivity index is 1.50. The average Bonchev–Trinajstić information content (AvgIpc) is 3.19. The molecule has 14 heteroatoms. The second-order valence-electron chi connectivity index (χ2n) is 9.23. The van der Waals surface area contributed by atoms with E-state index in [9.17, 15) is 44.7 Å². The van der Waals surface area contributed by atoms with Crippen LogP contribution < -0.4 is 15.1 Å². The quantitative estimate of drug-likeness (QED) is 0.222. The lowest BCUT2D eigenvalue weighted by atomic mass is 9.86. The fourth-order valence-electron chi connectivity index (χ4n) is 5.24. The lowest BCUT2D eigenvalue weighted by Gasteiger charge is -2.39. The number of aliphatic hydroxyl groups is 2. The number of esters is 1. The highest BCUT2D eigenvalue weighted by molar-refractivity contribution is 6.26. The summed E-state index contributed by atoms with van der Waals surface area (Å²) in [6.45, 7) is 0. The number of phenols is 3. The van der Waals surface area contributed by atoms with Crippen molar-refractivity contribution in [1.29, 1.82) is 0 Å². The molecule has 0 amide bonds. The van der Waals surface area contributed by atoms with Crippen LogP contribution in [0.1, 0.15) is 61.0 Å². The van der Waals surface area contributed by atoms with Gasteiger partial charge in [-0.05, 0) is 17.5 Å². The van der Waals surface area contributed by atoms with E-state index in [1.807, 2.05) is 0 Å². The predicted octanol–water partition coefficient (Wildman–Crippen LogP) is 1.24. The van der Waals surface area contributed by atoms with Gasteiger partial charge in [-0.1, -0.05) is 0 Å². The number of ether oxygens (including phenoxy) is 4. The van der Waals surface area contributed by atoms with Crippen molar-refractivity contribution in [2.45, 2.75) is 24.4 Å². The van der Waals surface area contributed by atoms with E-state index < -0.39 is 110 Å². The normalized spacial score (nSPS) is 22.6. The molecule has 0 fully saturated rings. The minimum atomic E-state index is -2.31. The van der Waals surface area contributed by atoms with Crippen LogP contribution in [0.4, 0.5) is 0 Å². The van der Waals surface area contributed by atoms with Gasteiger partial charge < -0.3 is 48.9 Å². The molecule has 0 bridgehead atoms. The summed E-state index contributed by atoms with van der Waals surface area (Å²) in [5, 5.41) is 54.7. The van der Waals surface area contributed by atoms with E-state index in [1.54, 1.807) is 0 Å². The molecule has 2 aromatic carbocycles. The molecule has 1 aromatic heterocycles. The topological polar surface area (TPSA) is 219 Å². The molecule has 6 rings (SSSR count). The van der Waals surface area contributed by atoms with Crippen molar-refractivity contribution in [1.82, 2.24) is 0 Å². The van der Waals surface area contributed by atoms with Gasteiger partial charge in [-0.25, -0.2) is 9.59 Å². The van der Waals surface area contributed by atoms with Crippen molar-refractivity contribution in [2.75, 3.05) is 14.2 Å². The molecule has 3 heterocycles. The first kappa shape index (κ1) is 25.2. The third-order valence-corrected chi connectivity index (χ3v) is 7.09. The monoisotopic (exact) mass is 554 g/mol. The second-order valence-corrected chi connectivity index (χ2v) is 9.23. The molecule has 5 N–H and O–H groups in total. The number of carbonyl (C=O) groups excluding carboxylic acids is 3. The summed E-state index contributed by atoms with van der Waals surface area (Å²) in [6.07, 6.45) is -3.27. The first-order valence-electron chi connectivity index (χ1n) is 11.6. The van der Waals surface area contributed by atoms with Gasteiger partial charge in [-0.2, -0.15) is 0 Å². The molecular formula is C26H18O14. The van der Waals surface area contributed by atoms with Gasteiger partial charge in [0.15, 0.2) is 40.6 Å². The van der Waals surface area contributed by atoms with Gasteiger partial charge in [-0.15, -0.1) is 0 Å². The molecule has 3 atom stereocenters. The summed E-state index contributed by atoms with van der Waals surface area (Å²) in [6, 6.07) is 2.37. The van der Waals surface area contributed by atoms with E-state index in [0.29, 0.717) is 0 Å². The molecule has 1 aliphatic carbocycles. The number of hydrogen-bond acceptors (Lipinski definition) is 14. The zero-order chi connectivity index (χ0) is 28.8. The molecule has 3 aromatic rings. The van der Waals surface area contributed by atoms with E-state index in [-0.39, 0.29) is 10.9 Å². The number of rotatable bonds is 2. The Morgan fingerprint density at radius 1 is 0.975 bits per heavy atom. The standard InChI is InChI=1S/C26H18O14/c1-36-11-5-9(27)14-15(17(11)29)20(32)22-16(18(14)30)23(33)26(40-22)6-10(28)8-3-7-4-12(24(34)37-2)38-25(35)13(7)19(31)21(8)39-26/h3-5,10,23,28,30-33H,6H2,1-2H3/t10?,23-,26-/m1/s1. The molecule has 1 unspecified atom stereocenters. The maximum absolute atomic E-state index is 12.8. The zero-order valence-corrected chi connectivity index (χ0v) is 20.5. The Morgan fingerprint density at radius 3 is 2.35 bits per heavy atom. The van der Waals surface area contributed by atoms with Crippen molar-refractivity contribution in [3.8, 4) is 28.7 Å². The largest absolute Gasteiger partial charge is 0.507 e. The van der Waals surface area contributed by atoms with E-state index in [0.717, 1.165) is 26.4 Å². The van der Waals surface area contributed by atoms with Crippen LogP contribution in [0, 0.1) is 0 Å². The van der Waals surface area contributed by atoms with Crippen molar-refractivity contribution < 1.29 is 63.3 Å². The van der Waals surface area contributed by atoms with Crippen LogP contribution in [0.2, 0.25) is 0 Å². The Hall–Kier alpha value is -5.08. The van der Waals surface area contributed by atoms with Crippen molar-refractivity contribution in [3.63, 3.8) is 0 Å². The lowest BCUT2D eigenvalue weighted by molar-refractivity contribution is -0.199. The summed E-state index contributed by atoms with van der Waals surface area (Å²) in [5.41, 5.74) is -2.95. The number of aromatic hydroxyl groups is 3. The summed E-state index contributed by atoms with van der Waals surface area (Å²) >= 11 is 0. The van der Waals surface area contributed by atoms with Gasteiger partial charge in [0.1, 0.15) is 11.1 Å². The molecule has 0 saturated heterocycles. The number of methoxy groups -OCH3 is 2. The molecule has 0 saturated carbocycles. The van der Waals surface area contributed by atoms with Crippen LogP contribution in [0.5, 0.6) is 28.7 Å². The molecule has 2 aliphatic heterocycles. The fraction of sp³-hybridized carbons (Fsp3) is 0.231. The maximum atomic E-state index is 12.8. The number of hydrogen-bond donors (Lipinski definition) is 5. The van der Waals surface area contributed by atoms with E-state index in [2.05, 4.69) is 4.74 Å². The average molecular weight is 554 g/mol. The lowest BCUT2D eigenvalue weighted by Crippen LogP contribution is -2.48. The van der Waals surface area contributed by atoms with Crippen LogP contribution in [0.25, 0.3) is 10.8 Å². The van der Waals surface area contributed by atoms with E-state index in [1.165, 1.54) is 6.07 Å². The number of carbonyl (C=O) groups is 3. The van der Waals surface area contributed by atoms with Crippen molar-refractivity contribution in [2.24, 2.45) is 0 Å². The van der Waals surface area contributed by atoms with Gasteiger partial charge in [0.05, 0.1) is 43.4 Å². The van der Waals surface area contributed by atoms with E-state index in [4.69, 9.17) is 18.6 Å². The number of allylic oxidation sites excluding steroid dienone is 2. The van der Waals surface area contributed by atoms with Crippen LogP contribution in [-0.4, -0.2) is 63.1 Å². The Kier molecular flexibility index (Phi) is 5.17. The van der Waals surface area contributed by atoms with Crippen LogP contribution >= 0.6 is 0 Å². The first-order valence-corrected chi connectivity index (χ1v) is 11.6. The second kappa shape index (κ2) is 8.21. The van der Waals surface area contributed by atoms with Gasteiger partial charge >= 0.3 is 11.6 Å². The maximum Gasteiger partial charge on any atom is 0.374 e. The third kappa shape index (κ3) is 3.11. The van der Waals surface area contributed by atoms with Gasteiger partial charge in [0.25, 0.3) is 5.79 Å². The summed E-state index contributed by atoms with van der Waals surface area (Å²) in [4.78, 5) is 50.0. The highest BCUT2D eigenvalue weighted by Crippen LogP contribution is 2.60. The van der Waals surface area contributed by atoms with Gasteiger partial charge in [0.2, 0.25) is 11.5 Å². The van der Waals surface area contributed by atoms with Crippen molar-refractivity contribution >= 4 is 28.3 Å². The molecule has 1 spiro atoms. The Bertz CT molecular complexity index is 1800. The smallest absolute Gasteiger partial charge is 0.374 e. The fourth-order valence-corrected chi connectivity index (χ4v) is 5.24. The predicted molar refractivity (Wildman–Crippen MR) is 128 cm³/mol. The zero-order valence-electron chi connectivity index (χ0n) is 20.5. The minimum absolute atomic E-state index is 0.00381. The van der Waals surface area contributed by atoms with Gasteiger partial charge in [0, 0.05) is 11.6 Å². The van der Waals surface area contributed by atoms with E-state index >= 15 is 0 Å². The highest BCUT2D eigenvalue weighted by Gasteiger charge is 2.58. The van der Waals surface area contributed by atoms with Crippen molar-refractivity contribution in [3.05, 3.63) is 62.4 Å². The highest BCUT2D eigenvalue weighted by atomic mass is 16.7. The Labute approximate surface area is 221 Å². The van der Waals surface area contributed by atoms with Crippen LogP contribution in [0.3, 0.4) is 0 Å². The Morgan fingerprint density at radius 2 is 1.68 bits per heavy atom. The number of fused-ring (bicyclic) bond motifs is 4. The number of ketones is 2. The van der Waals surface area contributed by atoms with Crippen LogP contribution in [-0.2, 0) is 9.47 Å². The van der Waals surface area contributed by atoms with Gasteiger partial charge in [-0.3, -0.25) is 9.59 Å². The molecular weight excluding hydrogens is 536 g/mol. The summed E-state index contributed by atoms with van der Waals surface area (Å²) < 4.78 is 25.9. The molecule has 40 heavy (non-hydrogen) atoms. The summed E-state index contributed by atoms with van der Waals surface area (Å²) in [7, 11) is 2.20. The summed E-state index contributed by atoms with van der Waals surface area (Å²) in [5.74, 6) is -9.70. The number of phenolic OH excluding ortho intramolecular Hbond substituents is 3. The number of Topliss-reactive ketones (excluding diaryl/α,β-unsaturated/α-hetero) is 1.